The van der Waals surface area contributed by atoms with Gasteiger partial charge in [0.2, 0.25) is 0 Å². The van der Waals surface area contributed by atoms with Crippen LogP contribution in [0.25, 0.3) is 22.3 Å². The molecule has 0 unspecified atom stereocenters. The van der Waals surface area contributed by atoms with Crippen molar-refractivity contribution in [2.75, 3.05) is 12.4 Å². The summed E-state index contributed by atoms with van der Waals surface area (Å²) < 4.78 is 10.8. The van der Waals surface area contributed by atoms with E-state index in [1.54, 1.807) is 36.4 Å². The molecule has 1 N–H and O–H groups in total. The highest BCUT2D eigenvalue weighted by molar-refractivity contribution is 6.04. The molecule has 0 aliphatic rings. The van der Waals surface area contributed by atoms with Crippen LogP contribution in [-0.4, -0.2) is 17.9 Å². The minimum atomic E-state index is -0.581. The summed E-state index contributed by atoms with van der Waals surface area (Å²) in [7, 11) is 1.33. The maximum Gasteiger partial charge on any atom is 0.312 e. The van der Waals surface area contributed by atoms with E-state index >= 15 is 0 Å². The second-order valence-corrected chi connectivity index (χ2v) is 7.15. The molecule has 0 spiro atoms. The summed E-state index contributed by atoms with van der Waals surface area (Å²) >= 11 is 0. The Morgan fingerprint density at radius 3 is 2.47 bits per heavy atom. The molecule has 0 aliphatic carbocycles. The zero-order chi connectivity index (χ0) is 22.8. The van der Waals surface area contributed by atoms with Gasteiger partial charge >= 0.3 is 5.69 Å². The fourth-order valence-electron chi connectivity index (χ4n) is 3.31. The number of amides is 1. The van der Waals surface area contributed by atoms with E-state index < -0.39 is 10.8 Å². The van der Waals surface area contributed by atoms with E-state index in [1.165, 1.54) is 31.4 Å². The lowest BCUT2D eigenvalue weighted by Gasteiger charge is -2.08. The fraction of sp³-hybridized carbons (Fsp3) is 0.0833. The quantitative estimate of drug-likeness (QED) is 0.355. The van der Waals surface area contributed by atoms with E-state index in [9.17, 15) is 19.7 Å². The van der Waals surface area contributed by atoms with Gasteiger partial charge in [0.05, 0.1) is 17.4 Å². The summed E-state index contributed by atoms with van der Waals surface area (Å²) in [6.45, 7) is 1.90. The predicted molar refractivity (Wildman–Crippen MR) is 120 cm³/mol. The molecule has 4 aromatic rings. The van der Waals surface area contributed by atoms with Gasteiger partial charge in [-0.25, -0.2) is 0 Å². The van der Waals surface area contributed by atoms with E-state index in [0.29, 0.717) is 27.9 Å². The maximum atomic E-state index is 12.6. The average molecular weight is 430 g/mol. The Morgan fingerprint density at radius 1 is 1.03 bits per heavy atom. The highest BCUT2D eigenvalue weighted by atomic mass is 16.6. The van der Waals surface area contributed by atoms with Crippen molar-refractivity contribution >= 4 is 28.3 Å². The molecule has 1 amide bonds. The molecule has 32 heavy (non-hydrogen) atoms. The number of nitrogens with one attached hydrogen (secondary N) is 1. The largest absolute Gasteiger partial charge is 0.490 e. The van der Waals surface area contributed by atoms with E-state index in [2.05, 4.69) is 5.32 Å². The van der Waals surface area contributed by atoms with E-state index in [4.69, 9.17) is 9.15 Å². The molecular weight excluding hydrogens is 412 g/mol. The number of nitro groups is 1. The molecule has 8 nitrogen and oxygen atoms in total. The van der Waals surface area contributed by atoms with Crippen molar-refractivity contribution in [1.29, 1.82) is 0 Å². The number of rotatable bonds is 5. The fourth-order valence-corrected chi connectivity index (χ4v) is 3.31. The molecule has 0 bridgehead atoms. The van der Waals surface area contributed by atoms with Gasteiger partial charge in [-0.2, -0.15) is 0 Å². The Hall–Kier alpha value is -4.46. The van der Waals surface area contributed by atoms with E-state index in [0.717, 1.165) is 5.56 Å². The smallest absolute Gasteiger partial charge is 0.312 e. The van der Waals surface area contributed by atoms with Crippen LogP contribution in [0.5, 0.6) is 5.75 Å². The van der Waals surface area contributed by atoms with Gasteiger partial charge in [-0.3, -0.25) is 19.7 Å². The van der Waals surface area contributed by atoms with Crippen molar-refractivity contribution < 1.29 is 18.9 Å². The number of nitro benzene ring substituents is 1. The summed E-state index contributed by atoms with van der Waals surface area (Å²) in [5, 5.41) is 14.3. The van der Waals surface area contributed by atoms with Crippen LogP contribution in [0, 0.1) is 17.0 Å². The molecule has 1 heterocycles. The molecule has 0 saturated heterocycles. The van der Waals surface area contributed by atoms with Crippen LogP contribution in [0.1, 0.15) is 15.9 Å². The van der Waals surface area contributed by atoms with Crippen molar-refractivity contribution in [3.63, 3.8) is 0 Å². The van der Waals surface area contributed by atoms with Gasteiger partial charge in [0, 0.05) is 28.9 Å². The van der Waals surface area contributed by atoms with Crippen LogP contribution < -0.4 is 15.5 Å². The molecule has 4 rings (SSSR count). The van der Waals surface area contributed by atoms with Gasteiger partial charge in [-0.05, 0) is 43.3 Å². The third kappa shape index (κ3) is 4.06. The molecule has 0 aliphatic heterocycles. The molecule has 0 fully saturated rings. The summed E-state index contributed by atoms with van der Waals surface area (Å²) in [5.74, 6) is 0.0555. The Morgan fingerprint density at radius 2 is 1.78 bits per heavy atom. The maximum absolute atomic E-state index is 12.6. The first-order chi connectivity index (χ1) is 15.4. The second kappa shape index (κ2) is 8.35. The van der Waals surface area contributed by atoms with Crippen molar-refractivity contribution in [1.82, 2.24) is 0 Å². The summed E-state index contributed by atoms with van der Waals surface area (Å²) in [6.07, 6.45) is 0. The lowest BCUT2D eigenvalue weighted by Crippen LogP contribution is -2.12. The van der Waals surface area contributed by atoms with Crippen LogP contribution in [0.3, 0.4) is 0 Å². The van der Waals surface area contributed by atoms with Crippen LogP contribution >= 0.6 is 0 Å². The SMILES string of the molecule is COc1ccc(NC(=O)c2ccc(-c3cc(=O)c4cc(C)ccc4o3)cc2)cc1[N+](=O)[O-]. The molecule has 0 radical (unpaired) electrons. The lowest BCUT2D eigenvalue weighted by molar-refractivity contribution is -0.385. The van der Waals surface area contributed by atoms with Gasteiger partial charge in [-0.15, -0.1) is 0 Å². The molecule has 1 aromatic heterocycles. The van der Waals surface area contributed by atoms with E-state index in [1.807, 2.05) is 13.0 Å². The number of ether oxygens (including phenoxy) is 1. The van der Waals surface area contributed by atoms with Gasteiger partial charge in [-0.1, -0.05) is 23.8 Å². The second-order valence-electron chi connectivity index (χ2n) is 7.15. The Kier molecular flexibility index (Phi) is 5.43. The first kappa shape index (κ1) is 20.8. The number of methoxy groups -OCH3 is 1. The zero-order valence-electron chi connectivity index (χ0n) is 17.2. The summed E-state index contributed by atoms with van der Waals surface area (Å²) in [6, 6.07) is 17.5. The average Bonchev–Trinajstić information content (AvgIpc) is 2.79. The number of carbonyl (C=O) groups excluding carboxylic acids is 1. The molecular formula is C24H18N2O6. The topological polar surface area (TPSA) is 112 Å². The van der Waals surface area contributed by atoms with Crippen LogP contribution in [0.15, 0.2) is 75.9 Å². The molecule has 160 valence electrons. The molecule has 3 aromatic carbocycles. The highest BCUT2D eigenvalue weighted by Gasteiger charge is 2.17. The summed E-state index contributed by atoms with van der Waals surface area (Å²) in [4.78, 5) is 35.6. The number of nitrogens with zero attached hydrogens (tertiary/aromatic N) is 1. The summed E-state index contributed by atoms with van der Waals surface area (Å²) in [5.41, 5.74) is 2.31. The van der Waals surface area contributed by atoms with Crippen molar-refractivity contribution in [2.24, 2.45) is 0 Å². The third-order valence-electron chi connectivity index (χ3n) is 4.95. The van der Waals surface area contributed by atoms with Gasteiger partial charge < -0.3 is 14.5 Å². The normalized spacial score (nSPS) is 10.7. The van der Waals surface area contributed by atoms with Crippen molar-refractivity contribution in [3.05, 3.63) is 98.2 Å². The van der Waals surface area contributed by atoms with Crippen molar-refractivity contribution in [2.45, 2.75) is 6.92 Å². The van der Waals surface area contributed by atoms with Gasteiger partial charge in [0.25, 0.3) is 5.91 Å². The predicted octanol–water partition coefficient (Wildman–Crippen LogP) is 4.94. The van der Waals surface area contributed by atoms with Gasteiger partial charge in [0.1, 0.15) is 11.3 Å². The van der Waals surface area contributed by atoms with Gasteiger partial charge in [0.15, 0.2) is 11.2 Å². The van der Waals surface area contributed by atoms with Crippen LogP contribution in [0.2, 0.25) is 0 Å². The first-order valence-electron chi connectivity index (χ1n) is 9.64. The molecule has 0 atom stereocenters. The number of benzene rings is 3. The third-order valence-corrected chi connectivity index (χ3v) is 4.95. The van der Waals surface area contributed by atoms with E-state index in [-0.39, 0.29) is 22.6 Å². The number of fused-ring (bicyclic) bond motifs is 1. The van der Waals surface area contributed by atoms with Crippen LogP contribution in [0.4, 0.5) is 11.4 Å². The standard InChI is InChI=1S/C24H18N2O6/c1-14-3-9-21-18(11-14)20(27)13-23(32-21)15-4-6-16(7-5-15)24(28)25-17-8-10-22(31-2)19(12-17)26(29)30/h3-13H,1-2H3,(H,25,28). The Bertz CT molecular complexity index is 1410. The first-order valence-corrected chi connectivity index (χ1v) is 9.64. The Labute approximate surface area is 182 Å². The monoisotopic (exact) mass is 430 g/mol. The van der Waals surface area contributed by atoms with Crippen LogP contribution in [-0.2, 0) is 0 Å². The van der Waals surface area contributed by atoms with Crippen molar-refractivity contribution in [3.8, 4) is 17.1 Å². The number of hydrogen-bond acceptors (Lipinski definition) is 6. The lowest BCUT2D eigenvalue weighted by atomic mass is 10.1. The number of hydrogen-bond donors (Lipinski definition) is 1. The molecule has 8 heteroatoms. The number of carbonyl (C=O) groups is 1. The number of anilines is 1. The Balaban J connectivity index is 1.58. The minimum absolute atomic E-state index is 0.101. The highest BCUT2D eigenvalue weighted by Crippen LogP contribution is 2.30. The zero-order valence-corrected chi connectivity index (χ0v) is 17.2. The number of aryl methyl sites for hydroxylation is 1. The minimum Gasteiger partial charge on any atom is -0.490 e. The molecule has 0 saturated carbocycles.